The van der Waals surface area contributed by atoms with E-state index in [1.807, 2.05) is 13.0 Å². The Kier molecular flexibility index (Phi) is 8.16. The lowest BCUT2D eigenvalue weighted by molar-refractivity contribution is 0.144. The maximum Gasteiger partial charge on any atom is 0.577 e. The summed E-state index contributed by atoms with van der Waals surface area (Å²) in [5, 5.41) is 5.75. The molecule has 0 aliphatic heterocycles. The molecule has 0 aromatic rings. The molecule has 1 radical (unpaired) electrons. The molecular weight excluding hydrogens is 238 g/mol. The van der Waals surface area contributed by atoms with Crippen LogP contribution in [-0.2, 0) is 13.3 Å². The minimum atomic E-state index is -1.66. The van der Waals surface area contributed by atoms with Gasteiger partial charge in [0.2, 0.25) is 0 Å². The second kappa shape index (κ2) is 8.82. The lowest BCUT2D eigenvalue weighted by atomic mass is 10.4. The van der Waals surface area contributed by atoms with E-state index in [0.717, 1.165) is 5.70 Å². The summed E-state index contributed by atoms with van der Waals surface area (Å²) >= 11 is 0. The molecule has 97 valence electrons. The topological polar surface area (TPSA) is 77.8 Å². The first-order chi connectivity index (χ1) is 8.03. The molecule has 0 saturated carbocycles. The Morgan fingerprint density at radius 1 is 1.29 bits per heavy atom. The maximum atomic E-state index is 5.40. The first kappa shape index (κ1) is 15.7. The van der Waals surface area contributed by atoms with Crippen LogP contribution < -0.4 is 16.4 Å². The number of hydrogen-bond donors (Lipinski definition) is 3. The Morgan fingerprint density at radius 3 is 2.29 bits per heavy atom. The van der Waals surface area contributed by atoms with Crippen molar-refractivity contribution in [2.75, 3.05) is 20.8 Å². The Labute approximate surface area is 104 Å². The highest BCUT2D eigenvalue weighted by molar-refractivity contribution is 6.36. The summed E-state index contributed by atoms with van der Waals surface area (Å²) in [6.07, 6.45) is 1.86. The van der Waals surface area contributed by atoms with E-state index in [4.69, 9.17) is 19.0 Å². The summed E-state index contributed by atoms with van der Waals surface area (Å²) < 4.78 is 15.4. The van der Waals surface area contributed by atoms with Crippen molar-refractivity contribution in [3.63, 3.8) is 0 Å². The maximum absolute atomic E-state index is 5.40. The molecule has 6 nitrogen and oxygen atoms in total. The fraction of sp³-hybridized carbons (Fsp3) is 0.400. The van der Waals surface area contributed by atoms with Crippen LogP contribution >= 0.6 is 0 Å². The van der Waals surface area contributed by atoms with Crippen LogP contribution in [0.4, 0.5) is 0 Å². The highest BCUT2D eigenvalue weighted by atomic mass is 28.3. The average Bonchev–Trinajstić information content (AvgIpc) is 2.27. The first-order valence-electron chi connectivity index (χ1n) is 4.93. The summed E-state index contributed by atoms with van der Waals surface area (Å²) in [6.45, 7) is 9.46. The molecule has 7 heteroatoms. The molecular formula is C10H20N3O3Si. The van der Waals surface area contributed by atoms with E-state index < -0.39 is 9.53 Å². The van der Waals surface area contributed by atoms with E-state index in [9.17, 15) is 0 Å². The molecule has 0 rings (SSSR count). The van der Waals surface area contributed by atoms with Crippen LogP contribution in [0.25, 0.3) is 0 Å². The Morgan fingerprint density at radius 2 is 1.88 bits per heavy atom. The van der Waals surface area contributed by atoms with Crippen LogP contribution in [-0.4, -0.2) is 30.4 Å². The molecule has 0 aromatic carbocycles. The largest absolute Gasteiger partial charge is 0.577 e. The van der Waals surface area contributed by atoms with E-state index >= 15 is 0 Å². The Balaban J connectivity index is 4.09. The predicted octanol–water partition coefficient (Wildman–Crippen LogP) is 0.265. The smallest absolute Gasteiger partial charge is 0.386 e. The third kappa shape index (κ3) is 7.58. The van der Waals surface area contributed by atoms with Crippen molar-refractivity contribution in [2.24, 2.45) is 5.73 Å². The van der Waals surface area contributed by atoms with Gasteiger partial charge in [-0.1, -0.05) is 19.2 Å². The third-order valence-corrected chi connectivity index (χ3v) is 2.70. The van der Waals surface area contributed by atoms with Crippen molar-refractivity contribution in [3.8, 4) is 0 Å². The first-order valence-corrected chi connectivity index (χ1v) is 6.16. The van der Waals surface area contributed by atoms with E-state index in [-0.39, 0.29) is 0 Å². The zero-order valence-electron chi connectivity index (χ0n) is 10.5. The highest BCUT2D eigenvalue weighted by Gasteiger charge is 2.15. The summed E-state index contributed by atoms with van der Waals surface area (Å²) in [4.78, 5) is 0. The van der Waals surface area contributed by atoms with Gasteiger partial charge in [0.1, 0.15) is 5.82 Å². The van der Waals surface area contributed by atoms with E-state index in [2.05, 4.69) is 23.8 Å². The molecule has 0 fully saturated rings. The zero-order valence-corrected chi connectivity index (χ0v) is 11.5. The number of nitrogens with two attached hydrogens (primary N) is 1. The van der Waals surface area contributed by atoms with Gasteiger partial charge in [-0.3, -0.25) is 0 Å². The van der Waals surface area contributed by atoms with Crippen molar-refractivity contribution < 1.29 is 13.3 Å². The van der Waals surface area contributed by atoms with Gasteiger partial charge in [0.25, 0.3) is 0 Å². The molecule has 4 N–H and O–H groups in total. The van der Waals surface area contributed by atoms with Crippen LogP contribution in [0.1, 0.15) is 6.92 Å². The van der Waals surface area contributed by atoms with Gasteiger partial charge in [0.05, 0.1) is 12.4 Å². The summed E-state index contributed by atoms with van der Waals surface area (Å²) in [5.74, 6) is 0.843. The van der Waals surface area contributed by atoms with Gasteiger partial charge in [-0.2, -0.15) is 0 Å². The van der Waals surface area contributed by atoms with E-state index in [1.165, 1.54) is 0 Å². The lowest BCUT2D eigenvalue weighted by Crippen LogP contribution is -2.31. The van der Waals surface area contributed by atoms with Gasteiger partial charge < -0.3 is 29.6 Å². The number of rotatable bonds is 9. The summed E-state index contributed by atoms with van der Waals surface area (Å²) in [6, 6.07) is 0. The average molecular weight is 258 g/mol. The van der Waals surface area contributed by atoms with Crippen molar-refractivity contribution in [1.29, 1.82) is 0 Å². The molecule has 0 aromatic heterocycles. The zero-order chi connectivity index (χ0) is 13.3. The van der Waals surface area contributed by atoms with E-state index in [0.29, 0.717) is 18.2 Å². The van der Waals surface area contributed by atoms with Gasteiger partial charge in [-0.15, -0.1) is 0 Å². The predicted molar refractivity (Wildman–Crippen MR) is 68.2 cm³/mol. The fourth-order valence-corrected chi connectivity index (χ4v) is 1.62. The normalized spacial score (nSPS) is 11.4. The molecule has 0 spiro atoms. The van der Waals surface area contributed by atoms with Crippen LogP contribution in [0, 0.1) is 0 Å². The second-order valence-corrected chi connectivity index (χ2v) is 4.62. The monoisotopic (exact) mass is 258 g/mol. The number of allylic oxidation sites excluding steroid dienone is 1. The number of hydrogen-bond acceptors (Lipinski definition) is 6. The molecule has 0 aliphatic carbocycles. The lowest BCUT2D eigenvalue weighted by Gasteiger charge is -2.16. The van der Waals surface area contributed by atoms with Crippen LogP contribution in [0.5, 0.6) is 0 Å². The Hall–Kier alpha value is -1.28. The van der Waals surface area contributed by atoms with Gasteiger partial charge in [0, 0.05) is 19.9 Å². The molecule has 0 heterocycles. The van der Waals surface area contributed by atoms with Gasteiger partial charge in [-0.05, 0) is 6.92 Å². The highest BCUT2D eigenvalue weighted by Crippen LogP contribution is 1.97. The Bertz CT molecular complexity index is 291. The van der Waals surface area contributed by atoms with Crippen molar-refractivity contribution in [3.05, 3.63) is 36.6 Å². The number of nitrogens with one attached hydrogen (secondary N) is 2. The standard InChI is InChI=1S/C10H20N3O3Si/c1-6-10(7-16-17(14-4)15-5)13-9(3)12-8(2)11/h6,12-13H,2-3,7,11H2,1,4-5H3/b10-6-. The van der Waals surface area contributed by atoms with Crippen LogP contribution in [0.15, 0.2) is 36.6 Å². The van der Waals surface area contributed by atoms with Gasteiger partial charge in [0.15, 0.2) is 0 Å². The van der Waals surface area contributed by atoms with Crippen molar-refractivity contribution in [2.45, 2.75) is 6.92 Å². The SMILES string of the molecule is C=C(N)NC(=C)N/C(=C\C)CO[Si](OC)OC. The van der Waals surface area contributed by atoms with Crippen molar-refractivity contribution in [1.82, 2.24) is 10.6 Å². The molecule has 17 heavy (non-hydrogen) atoms. The molecule has 0 saturated heterocycles. The quantitative estimate of drug-likeness (QED) is 0.515. The third-order valence-electron chi connectivity index (χ3n) is 1.65. The second-order valence-electron chi connectivity index (χ2n) is 3.01. The van der Waals surface area contributed by atoms with Gasteiger partial charge in [-0.25, -0.2) is 0 Å². The molecule has 0 aliphatic rings. The fourth-order valence-electron chi connectivity index (χ4n) is 0.948. The van der Waals surface area contributed by atoms with Crippen molar-refractivity contribution >= 4 is 9.53 Å². The van der Waals surface area contributed by atoms with Gasteiger partial charge >= 0.3 is 9.53 Å². The summed E-state index contributed by atoms with van der Waals surface area (Å²) in [5.41, 5.74) is 6.20. The minimum absolute atomic E-state index is 0.317. The molecule has 0 bridgehead atoms. The van der Waals surface area contributed by atoms with E-state index in [1.54, 1.807) is 14.2 Å². The molecule has 0 unspecified atom stereocenters. The summed E-state index contributed by atoms with van der Waals surface area (Å²) in [7, 11) is 1.42. The van der Waals surface area contributed by atoms with Crippen LogP contribution in [0.3, 0.4) is 0 Å². The molecule has 0 atom stereocenters. The van der Waals surface area contributed by atoms with Crippen LogP contribution in [0.2, 0.25) is 0 Å². The molecule has 0 amide bonds. The minimum Gasteiger partial charge on any atom is -0.386 e.